The summed E-state index contributed by atoms with van der Waals surface area (Å²) in [5, 5.41) is 22.1. The third-order valence-corrected chi connectivity index (χ3v) is 2.60. The Bertz CT molecular complexity index is 628. The molecule has 8 heteroatoms. The highest BCUT2D eigenvalue weighted by molar-refractivity contribution is 5.70. The summed E-state index contributed by atoms with van der Waals surface area (Å²) in [6.45, 7) is 1.35. The second-order valence-corrected chi connectivity index (χ2v) is 3.86. The number of nitrogens with one attached hydrogen (secondary N) is 2. The van der Waals surface area contributed by atoms with Crippen molar-refractivity contribution in [3.8, 4) is 0 Å². The van der Waals surface area contributed by atoms with Crippen molar-refractivity contribution in [2.45, 2.75) is 18.9 Å². The fraction of sp³-hybridized carbons (Fsp3) is 0.375. The number of aromatic nitrogens is 4. The SMILES string of the molecule is C[C@@]1(O)Nc2nc3nc[nH]c3c(=O)n2[C@H]1O. The zero-order valence-corrected chi connectivity index (χ0v) is 8.30. The molecule has 0 aromatic carbocycles. The number of anilines is 1. The summed E-state index contributed by atoms with van der Waals surface area (Å²) in [5.41, 5.74) is -1.65. The molecule has 0 radical (unpaired) electrons. The minimum Gasteiger partial charge on any atom is -0.369 e. The fourth-order valence-corrected chi connectivity index (χ4v) is 1.76. The predicted octanol–water partition coefficient (Wildman–Crippen LogP) is -1.26. The van der Waals surface area contributed by atoms with Crippen molar-refractivity contribution >= 4 is 17.1 Å². The Morgan fingerprint density at radius 3 is 3.12 bits per heavy atom. The lowest BCUT2D eigenvalue weighted by Gasteiger charge is -2.20. The second-order valence-electron chi connectivity index (χ2n) is 3.86. The summed E-state index contributed by atoms with van der Waals surface area (Å²) < 4.78 is 0.987. The van der Waals surface area contributed by atoms with Crippen molar-refractivity contribution in [3.63, 3.8) is 0 Å². The van der Waals surface area contributed by atoms with E-state index < -0.39 is 17.5 Å². The van der Waals surface area contributed by atoms with Crippen LogP contribution in [0.4, 0.5) is 5.95 Å². The number of nitrogens with zero attached hydrogens (tertiary/aromatic N) is 3. The van der Waals surface area contributed by atoms with Crippen molar-refractivity contribution in [2.75, 3.05) is 5.32 Å². The van der Waals surface area contributed by atoms with Gasteiger partial charge >= 0.3 is 0 Å². The maximum Gasteiger partial charge on any atom is 0.283 e. The standard InChI is InChI=1S/C8H9N5O3/c1-8(16)6(15)13-5(14)3-4(10-2-9-3)11-7(13)12-8/h2,6,15-16H,1H3,(H,9,10)(H,11,12)/t6-,8-/m0/s1. The molecule has 1 aliphatic heterocycles. The van der Waals surface area contributed by atoms with Crippen LogP contribution in [0.1, 0.15) is 13.2 Å². The number of rotatable bonds is 0. The number of hydrogen-bond acceptors (Lipinski definition) is 6. The average Bonchev–Trinajstić information content (AvgIpc) is 2.72. The molecule has 0 fully saturated rings. The highest BCUT2D eigenvalue weighted by Gasteiger charge is 2.41. The van der Waals surface area contributed by atoms with Gasteiger partial charge in [0, 0.05) is 0 Å². The van der Waals surface area contributed by atoms with Crippen molar-refractivity contribution in [1.29, 1.82) is 0 Å². The normalized spacial score (nSPS) is 28.1. The lowest BCUT2D eigenvalue weighted by molar-refractivity contribution is -0.0675. The van der Waals surface area contributed by atoms with E-state index in [1.807, 2.05) is 0 Å². The van der Waals surface area contributed by atoms with Crippen LogP contribution in [0.3, 0.4) is 0 Å². The third-order valence-electron chi connectivity index (χ3n) is 2.60. The lowest BCUT2D eigenvalue weighted by Crippen LogP contribution is -2.38. The first-order valence-corrected chi connectivity index (χ1v) is 4.65. The first-order valence-electron chi connectivity index (χ1n) is 4.65. The van der Waals surface area contributed by atoms with E-state index in [-0.39, 0.29) is 17.1 Å². The Morgan fingerprint density at radius 2 is 2.38 bits per heavy atom. The molecule has 0 unspecified atom stereocenters. The minimum absolute atomic E-state index is 0.0992. The van der Waals surface area contributed by atoms with Crippen molar-refractivity contribution in [1.82, 2.24) is 19.5 Å². The molecule has 3 heterocycles. The van der Waals surface area contributed by atoms with Crippen LogP contribution in [0.25, 0.3) is 11.2 Å². The van der Waals surface area contributed by atoms with Gasteiger partial charge in [0.05, 0.1) is 6.33 Å². The van der Waals surface area contributed by atoms with E-state index in [4.69, 9.17) is 0 Å². The number of H-pyrrole nitrogens is 1. The quantitative estimate of drug-likeness (QED) is 0.443. The van der Waals surface area contributed by atoms with Crippen molar-refractivity contribution < 1.29 is 10.2 Å². The van der Waals surface area contributed by atoms with Gasteiger partial charge in [-0.05, 0) is 6.92 Å². The monoisotopic (exact) mass is 223 g/mol. The van der Waals surface area contributed by atoms with E-state index in [1.165, 1.54) is 13.3 Å². The molecular weight excluding hydrogens is 214 g/mol. The molecule has 2 atom stereocenters. The number of aliphatic hydroxyl groups excluding tert-OH is 1. The maximum atomic E-state index is 11.9. The number of fused-ring (bicyclic) bond motifs is 2. The van der Waals surface area contributed by atoms with Gasteiger partial charge in [-0.15, -0.1) is 0 Å². The minimum atomic E-state index is -1.61. The summed E-state index contributed by atoms with van der Waals surface area (Å²) in [5.74, 6) is 0.0992. The Kier molecular flexibility index (Phi) is 1.51. The Labute approximate surface area is 88.6 Å². The van der Waals surface area contributed by atoms with Crippen molar-refractivity contribution in [3.05, 3.63) is 16.7 Å². The predicted molar refractivity (Wildman–Crippen MR) is 53.7 cm³/mol. The molecule has 16 heavy (non-hydrogen) atoms. The van der Waals surface area contributed by atoms with Gasteiger partial charge in [-0.2, -0.15) is 4.98 Å². The van der Waals surface area contributed by atoms with E-state index in [2.05, 4.69) is 20.3 Å². The van der Waals surface area contributed by atoms with Crippen LogP contribution in [0.2, 0.25) is 0 Å². The first kappa shape index (κ1) is 9.31. The number of aliphatic hydroxyl groups is 2. The fourth-order valence-electron chi connectivity index (χ4n) is 1.76. The topological polar surface area (TPSA) is 116 Å². The van der Waals surface area contributed by atoms with Crippen LogP contribution in [0.5, 0.6) is 0 Å². The third kappa shape index (κ3) is 0.969. The van der Waals surface area contributed by atoms with Crippen LogP contribution in [-0.4, -0.2) is 35.5 Å². The van der Waals surface area contributed by atoms with Crippen LogP contribution in [0.15, 0.2) is 11.1 Å². The van der Waals surface area contributed by atoms with Gasteiger partial charge in [0.1, 0.15) is 0 Å². The molecular formula is C8H9N5O3. The van der Waals surface area contributed by atoms with Gasteiger partial charge in [-0.25, -0.2) is 9.55 Å². The van der Waals surface area contributed by atoms with Gasteiger partial charge in [0.25, 0.3) is 5.56 Å². The highest BCUT2D eigenvalue weighted by Crippen LogP contribution is 2.30. The molecule has 2 aromatic rings. The van der Waals surface area contributed by atoms with Crippen molar-refractivity contribution in [2.24, 2.45) is 0 Å². The number of hydrogen-bond donors (Lipinski definition) is 4. The molecule has 8 nitrogen and oxygen atoms in total. The zero-order chi connectivity index (χ0) is 11.5. The zero-order valence-electron chi connectivity index (χ0n) is 8.30. The molecule has 3 rings (SSSR count). The molecule has 0 aliphatic carbocycles. The van der Waals surface area contributed by atoms with Crippen LogP contribution in [-0.2, 0) is 0 Å². The highest BCUT2D eigenvalue weighted by atomic mass is 16.4. The van der Waals surface area contributed by atoms with Crippen LogP contribution < -0.4 is 10.9 Å². The summed E-state index contributed by atoms with van der Waals surface area (Å²) in [6, 6.07) is 0. The summed E-state index contributed by atoms with van der Waals surface area (Å²) in [6.07, 6.45) is -0.0329. The van der Waals surface area contributed by atoms with E-state index in [9.17, 15) is 15.0 Å². The summed E-state index contributed by atoms with van der Waals surface area (Å²) in [7, 11) is 0. The van der Waals surface area contributed by atoms with Crippen LogP contribution in [0, 0.1) is 0 Å². The summed E-state index contributed by atoms with van der Waals surface area (Å²) >= 11 is 0. The first-order chi connectivity index (χ1) is 7.50. The van der Waals surface area contributed by atoms with Gasteiger partial charge in [-0.1, -0.05) is 0 Å². The molecule has 4 N–H and O–H groups in total. The Hall–Kier alpha value is -1.93. The maximum absolute atomic E-state index is 11.9. The lowest BCUT2D eigenvalue weighted by atomic mass is 10.2. The molecule has 0 saturated heterocycles. The van der Waals surface area contributed by atoms with E-state index in [1.54, 1.807) is 0 Å². The molecule has 0 saturated carbocycles. The van der Waals surface area contributed by atoms with Gasteiger partial charge in [0.15, 0.2) is 23.1 Å². The van der Waals surface area contributed by atoms with Gasteiger partial charge in [0.2, 0.25) is 5.95 Å². The number of aromatic amines is 1. The molecule has 0 spiro atoms. The van der Waals surface area contributed by atoms with E-state index in [0.717, 1.165) is 4.57 Å². The smallest absolute Gasteiger partial charge is 0.283 e. The van der Waals surface area contributed by atoms with Gasteiger partial charge in [-0.3, -0.25) is 4.79 Å². The Morgan fingerprint density at radius 1 is 1.62 bits per heavy atom. The molecule has 1 aliphatic rings. The molecule has 0 amide bonds. The molecule has 0 bridgehead atoms. The second kappa shape index (κ2) is 2.60. The summed E-state index contributed by atoms with van der Waals surface area (Å²) in [4.78, 5) is 22.4. The van der Waals surface area contributed by atoms with E-state index >= 15 is 0 Å². The largest absolute Gasteiger partial charge is 0.369 e. The van der Waals surface area contributed by atoms with E-state index in [0.29, 0.717) is 0 Å². The van der Waals surface area contributed by atoms with Gasteiger partial charge < -0.3 is 20.5 Å². The molecule has 2 aromatic heterocycles. The number of imidazole rings is 1. The Balaban J connectivity index is 2.39. The molecule has 84 valence electrons. The average molecular weight is 223 g/mol. The van der Waals surface area contributed by atoms with Crippen LogP contribution >= 0.6 is 0 Å².